The quantitative estimate of drug-likeness (QED) is 0.598. The highest BCUT2D eigenvalue weighted by atomic mass is 19.1. The van der Waals surface area contributed by atoms with Crippen molar-refractivity contribution in [2.24, 2.45) is 14.1 Å². The molecule has 0 unspecified atom stereocenters. The summed E-state index contributed by atoms with van der Waals surface area (Å²) in [6.45, 7) is 2.01. The maximum atomic E-state index is 13.0. The van der Waals surface area contributed by atoms with Gasteiger partial charge in [-0.3, -0.25) is 14.4 Å². The Morgan fingerprint density at radius 1 is 1.03 bits per heavy atom. The van der Waals surface area contributed by atoms with Crippen LogP contribution in [0, 0.1) is 5.82 Å². The van der Waals surface area contributed by atoms with Crippen molar-refractivity contribution in [1.82, 2.24) is 9.13 Å². The molecule has 2 aromatic carbocycles. The number of carbonyl (C=O) groups excluding carboxylic acids is 1. The zero-order valence-electron chi connectivity index (χ0n) is 17.8. The van der Waals surface area contributed by atoms with E-state index in [2.05, 4.69) is 10.2 Å². The lowest BCUT2D eigenvalue weighted by atomic mass is 10.1. The van der Waals surface area contributed by atoms with Gasteiger partial charge in [-0.05, 0) is 36.4 Å². The van der Waals surface area contributed by atoms with Crippen LogP contribution in [0.15, 0.2) is 46.0 Å². The number of ether oxygens (including phenoxy) is 2. The number of nitrogens with one attached hydrogen (secondary N) is 1. The minimum absolute atomic E-state index is 0.279. The maximum absolute atomic E-state index is 13.0. The van der Waals surface area contributed by atoms with Gasteiger partial charge in [0, 0.05) is 27.2 Å². The molecular weight excluding hydrogens is 419 g/mol. The van der Waals surface area contributed by atoms with Gasteiger partial charge in [-0.2, -0.15) is 0 Å². The van der Waals surface area contributed by atoms with Gasteiger partial charge in [0.25, 0.3) is 5.91 Å². The zero-order chi connectivity index (χ0) is 22.8. The second kappa shape index (κ2) is 8.83. The molecule has 1 aliphatic rings. The van der Waals surface area contributed by atoms with E-state index in [1.54, 1.807) is 19.2 Å². The molecule has 32 heavy (non-hydrogen) atoms. The standard InChI is InChI=1S/C22H23FN4O5/c1-25-18-11-16(24-20(28)13-32-15-5-3-14(23)4-6-15)17(27-7-9-31-10-8-27)12-19(18)26(2)22(30)21(25)29/h3-6,11-12H,7-10,13H2,1-2H3,(H,24,28). The summed E-state index contributed by atoms with van der Waals surface area (Å²) in [4.78, 5) is 39.2. The van der Waals surface area contributed by atoms with Crippen molar-refractivity contribution in [3.63, 3.8) is 0 Å². The van der Waals surface area contributed by atoms with Crippen LogP contribution in [0.5, 0.6) is 5.75 Å². The maximum Gasteiger partial charge on any atom is 0.316 e. The molecule has 0 radical (unpaired) electrons. The van der Waals surface area contributed by atoms with Crippen LogP contribution in [0.3, 0.4) is 0 Å². The van der Waals surface area contributed by atoms with E-state index >= 15 is 0 Å². The summed E-state index contributed by atoms with van der Waals surface area (Å²) in [5.41, 5.74) is 0.988. The Morgan fingerprint density at radius 3 is 2.25 bits per heavy atom. The average molecular weight is 442 g/mol. The highest BCUT2D eigenvalue weighted by molar-refractivity contribution is 5.99. The van der Waals surface area contributed by atoms with Crippen molar-refractivity contribution in [2.75, 3.05) is 43.1 Å². The average Bonchev–Trinajstić information content (AvgIpc) is 2.81. The Labute approximate surface area is 182 Å². The third kappa shape index (κ3) is 4.22. The van der Waals surface area contributed by atoms with Gasteiger partial charge in [-0.15, -0.1) is 0 Å². The lowest BCUT2D eigenvalue weighted by Gasteiger charge is -2.31. The largest absolute Gasteiger partial charge is 0.484 e. The lowest BCUT2D eigenvalue weighted by Crippen LogP contribution is -2.40. The highest BCUT2D eigenvalue weighted by Crippen LogP contribution is 2.31. The Balaban J connectivity index is 1.69. The third-order valence-corrected chi connectivity index (χ3v) is 5.42. The second-order valence-electron chi connectivity index (χ2n) is 7.48. The number of morpholine rings is 1. The Kier molecular flexibility index (Phi) is 5.95. The van der Waals surface area contributed by atoms with Gasteiger partial charge in [0.1, 0.15) is 11.6 Å². The molecule has 0 atom stereocenters. The molecule has 0 bridgehead atoms. The predicted molar refractivity (Wildman–Crippen MR) is 118 cm³/mol. The van der Waals surface area contributed by atoms with Gasteiger partial charge < -0.3 is 28.8 Å². The SMILES string of the molecule is Cn1c(=O)c(=O)n(C)c2cc(N3CCOCC3)c(NC(=O)COc3ccc(F)cc3)cc21. The molecule has 0 aliphatic carbocycles. The molecule has 1 N–H and O–H groups in total. The van der Waals surface area contributed by atoms with Crippen LogP contribution in [-0.2, 0) is 23.6 Å². The molecule has 0 spiro atoms. The van der Waals surface area contributed by atoms with Gasteiger partial charge in [0.15, 0.2) is 6.61 Å². The molecule has 9 nitrogen and oxygen atoms in total. The lowest BCUT2D eigenvalue weighted by molar-refractivity contribution is -0.118. The molecule has 1 fully saturated rings. The van der Waals surface area contributed by atoms with Crippen LogP contribution in [-0.4, -0.2) is 48.0 Å². The number of fused-ring (bicyclic) bond motifs is 1. The first-order chi connectivity index (χ1) is 15.3. The molecule has 1 aliphatic heterocycles. The van der Waals surface area contributed by atoms with Crippen molar-refractivity contribution in [3.05, 3.63) is 62.9 Å². The fourth-order valence-electron chi connectivity index (χ4n) is 3.64. The smallest absolute Gasteiger partial charge is 0.316 e. The molecule has 168 valence electrons. The highest BCUT2D eigenvalue weighted by Gasteiger charge is 2.20. The van der Waals surface area contributed by atoms with Gasteiger partial charge in [-0.25, -0.2) is 4.39 Å². The number of benzene rings is 2. The van der Waals surface area contributed by atoms with Gasteiger partial charge in [0.2, 0.25) is 0 Å². The summed E-state index contributed by atoms with van der Waals surface area (Å²) in [7, 11) is 3.06. The van der Waals surface area contributed by atoms with Crippen molar-refractivity contribution in [1.29, 1.82) is 0 Å². The Hall–Kier alpha value is -3.66. The van der Waals surface area contributed by atoms with E-state index in [9.17, 15) is 18.8 Å². The first kappa shape index (κ1) is 21.6. The normalized spacial score (nSPS) is 13.9. The summed E-state index contributed by atoms with van der Waals surface area (Å²) < 4.78 is 26.5. The molecular formula is C22H23FN4O5. The molecule has 4 rings (SSSR count). The number of hydrogen-bond acceptors (Lipinski definition) is 6. The topological polar surface area (TPSA) is 94.8 Å². The van der Waals surface area contributed by atoms with E-state index in [1.165, 1.54) is 40.4 Å². The first-order valence-corrected chi connectivity index (χ1v) is 10.1. The van der Waals surface area contributed by atoms with Crippen molar-refractivity contribution in [2.45, 2.75) is 0 Å². The minimum atomic E-state index is -0.656. The fourth-order valence-corrected chi connectivity index (χ4v) is 3.64. The number of nitrogens with zero attached hydrogens (tertiary/aromatic N) is 3. The number of carbonyl (C=O) groups is 1. The number of halogens is 1. The van der Waals surface area contributed by atoms with Crippen LogP contribution in [0.25, 0.3) is 11.0 Å². The van der Waals surface area contributed by atoms with Crippen molar-refractivity contribution < 1.29 is 18.7 Å². The number of rotatable bonds is 5. The summed E-state index contributed by atoms with van der Waals surface area (Å²) in [6, 6.07) is 8.84. The Bertz CT molecular complexity index is 1280. The van der Waals surface area contributed by atoms with Crippen molar-refractivity contribution in [3.8, 4) is 5.75 Å². The summed E-state index contributed by atoms with van der Waals surface area (Å²) in [5, 5.41) is 2.84. The van der Waals surface area contributed by atoms with E-state index in [-0.39, 0.29) is 6.61 Å². The second-order valence-corrected chi connectivity index (χ2v) is 7.48. The summed E-state index contributed by atoms with van der Waals surface area (Å²) >= 11 is 0. The first-order valence-electron chi connectivity index (χ1n) is 10.1. The van der Waals surface area contributed by atoms with E-state index in [0.717, 1.165) is 0 Å². The monoisotopic (exact) mass is 442 g/mol. The van der Waals surface area contributed by atoms with Crippen molar-refractivity contribution >= 4 is 28.3 Å². The molecule has 10 heteroatoms. The van der Waals surface area contributed by atoms with Gasteiger partial charge in [0.05, 0.1) is 35.6 Å². The zero-order valence-corrected chi connectivity index (χ0v) is 17.8. The number of amides is 1. The van der Waals surface area contributed by atoms with Crippen LogP contribution in [0.2, 0.25) is 0 Å². The molecule has 0 saturated carbocycles. The third-order valence-electron chi connectivity index (χ3n) is 5.42. The van der Waals surface area contributed by atoms with Crippen LogP contribution < -0.4 is 26.1 Å². The Morgan fingerprint density at radius 2 is 1.62 bits per heavy atom. The van der Waals surface area contributed by atoms with Crippen LogP contribution in [0.4, 0.5) is 15.8 Å². The van der Waals surface area contributed by atoms with Gasteiger partial charge >= 0.3 is 11.1 Å². The fraction of sp³-hybridized carbons (Fsp3) is 0.318. The summed E-state index contributed by atoms with van der Waals surface area (Å²) in [5.74, 6) is -0.447. The molecule has 1 aromatic heterocycles. The van der Waals surface area contributed by atoms with E-state index < -0.39 is 22.8 Å². The number of aromatic nitrogens is 2. The number of aryl methyl sites for hydroxylation is 2. The number of hydrogen-bond donors (Lipinski definition) is 1. The van der Waals surface area contributed by atoms with E-state index in [0.29, 0.717) is 54.5 Å². The predicted octanol–water partition coefficient (Wildman–Crippen LogP) is 1.23. The van der Waals surface area contributed by atoms with Gasteiger partial charge in [-0.1, -0.05) is 0 Å². The molecule has 2 heterocycles. The molecule has 1 amide bonds. The molecule has 1 saturated heterocycles. The molecule has 3 aromatic rings. The van der Waals surface area contributed by atoms with E-state index in [1.807, 2.05) is 0 Å². The summed E-state index contributed by atoms with van der Waals surface area (Å²) in [6.07, 6.45) is 0. The number of anilines is 2. The van der Waals surface area contributed by atoms with Crippen LogP contribution >= 0.6 is 0 Å². The van der Waals surface area contributed by atoms with E-state index in [4.69, 9.17) is 9.47 Å². The van der Waals surface area contributed by atoms with Crippen LogP contribution in [0.1, 0.15) is 0 Å². The minimum Gasteiger partial charge on any atom is -0.484 e.